The second kappa shape index (κ2) is 7.59. The van der Waals surface area contributed by atoms with Crippen LogP contribution in [0.15, 0.2) is 24.3 Å². The summed E-state index contributed by atoms with van der Waals surface area (Å²) in [7, 11) is 1.28. The van der Waals surface area contributed by atoms with E-state index in [0.717, 1.165) is 0 Å². The quantitative estimate of drug-likeness (QED) is 0.585. The van der Waals surface area contributed by atoms with Crippen molar-refractivity contribution in [3.05, 3.63) is 35.6 Å². The number of rotatable bonds is 6. The predicted molar refractivity (Wildman–Crippen MR) is 99.4 cm³/mol. The molecule has 2 amide bonds. The highest BCUT2D eigenvalue weighted by Crippen LogP contribution is 2.50. The fourth-order valence-corrected chi connectivity index (χ4v) is 4.82. The number of hydrogen-bond donors (Lipinski definition) is 1. The maximum absolute atomic E-state index is 13.4. The molecule has 0 aliphatic carbocycles. The lowest BCUT2D eigenvalue weighted by Crippen LogP contribution is -2.56. The monoisotopic (exact) mass is 394 g/mol. The zero-order valence-electron chi connectivity index (χ0n) is 15.5. The van der Waals surface area contributed by atoms with Gasteiger partial charge in [0.1, 0.15) is 11.4 Å². The molecule has 27 heavy (non-hydrogen) atoms. The number of methoxy groups -OCH3 is 1. The Hall–Kier alpha value is -1.93. The van der Waals surface area contributed by atoms with Crippen LogP contribution in [0, 0.1) is 17.7 Å². The van der Waals surface area contributed by atoms with Crippen LogP contribution in [0.1, 0.15) is 24.9 Å². The molecule has 8 heteroatoms. The van der Waals surface area contributed by atoms with Gasteiger partial charge in [-0.2, -0.15) is 11.8 Å². The maximum Gasteiger partial charge on any atom is 0.326 e. The zero-order valence-corrected chi connectivity index (χ0v) is 16.3. The summed E-state index contributed by atoms with van der Waals surface area (Å²) in [4.78, 5) is 40.1. The number of amides is 2. The van der Waals surface area contributed by atoms with Crippen LogP contribution in [-0.4, -0.2) is 53.9 Å². The third kappa shape index (κ3) is 3.04. The predicted octanol–water partition coefficient (Wildman–Crippen LogP) is 1.76. The van der Waals surface area contributed by atoms with Gasteiger partial charge in [0.15, 0.2) is 0 Å². The first-order valence-corrected chi connectivity index (χ1v) is 10.3. The van der Waals surface area contributed by atoms with E-state index in [1.54, 1.807) is 30.8 Å². The number of carbonyl (C=O) groups excluding carboxylic acids is 3. The molecule has 2 saturated heterocycles. The van der Waals surface area contributed by atoms with Gasteiger partial charge in [-0.25, -0.2) is 4.39 Å². The minimum Gasteiger partial charge on any atom is -0.468 e. The van der Waals surface area contributed by atoms with Crippen molar-refractivity contribution in [2.75, 3.05) is 25.7 Å². The molecule has 1 aromatic carbocycles. The summed E-state index contributed by atoms with van der Waals surface area (Å²) >= 11 is 1.55. The van der Waals surface area contributed by atoms with Gasteiger partial charge in [-0.15, -0.1) is 0 Å². The topological polar surface area (TPSA) is 75.7 Å². The van der Waals surface area contributed by atoms with E-state index in [4.69, 9.17) is 4.74 Å². The van der Waals surface area contributed by atoms with Crippen molar-refractivity contribution in [2.45, 2.75) is 24.9 Å². The summed E-state index contributed by atoms with van der Waals surface area (Å²) in [5.41, 5.74) is -0.613. The molecule has 0 aromatic heterocycles. The molecule has 0 spiro atoms. The van der Waals surface area contributed by atoms with Gasteiger partial charge in [-0.05, 0) is 43.0 Å². The molecule has 0 bridgehead atoms. The number of esters is 1. The average Bonchev–Trinajstić information content (AvgIpc) is 3.14. The Morgan fingerprint density at radius 3 is 2.52 bits per heavy atom. The number of imide groups is 1. The first-order valence-electron chi connectivity index (χ1n) is 8.87. The van der Waals surface area contributed by atoms with Crippen LogP contribution in [0.25, 0.3) is 0 Å². The first kappa shape index (κ1) is 19.8. The number of benzene rings is 1. The molecule has 146 valence electrons. The van der Waals surface area contributed by atoms with Crippen molar-refractivity contribution in [1.82, 2.24) is 10.2 Å². The second-order valence-electron chi connectivity index (χ2n) is 6.80. The Bertz CT molecular complexity index is 757. The molecule has 0 saturated carbocycles. The highest BCUT2D eigenvalue weighted by Gasteiger charge is 2.68. The van der Waals surface area contributed by atoms with Gasteiger partial charge >= 0.3 is 5.97 Å². The molecule has 1 aromatic rings. The van der Waals surface area contributed by atoms with Crippen LogP contribution in [0.4, 0.5) is 4.39 Å². The summed E-state index contributed by atoms with van der Waals surface area (Å²) in [6.45, 7) is 1.99. The van der Waals surface area contributed by atoms with E-state index < -0.39 is 29.4 Å². The van der Waals surface area contributed by atoms with Gasteiger partial charge in [0, 0.05) is 12.6 Å². The van der Waals surface area contributed by atoms with Crippen LogP contribution in [0.2, 0.25) is 0 Å². The fraction of sp³-hybridized carbons (Fsp3) is 0.526. The van der Waals surface area contributed by atoms with Crippen LogP contribution in [0.5, 0.6) is 0 Å². The van der Waals surface area contributed by atoms with Gasteiger partial charge in [-0.3, -0.25) is 24.6 Å². The molecule has 0 unspecified atom stereocenters. The molecule has 1 N–H and O–H groups in total. The summed E-state index contributed by atoms with van der Waals surface area (Å²) in [5.74, 6) is -2.52. The third-order valence-electron chi connectivity index (χ3n) is 5.54. The second-order valence-corrected chi connectivity index (χ2v) is 7.79. The van der Waals surface area contributed by atoms with E-state index in [1.165, 1.54) is 24.1 Å². The van der Waals surface area contributed by atoms with Gasteiger partial charge < -0.3 is 4.74 Å². The number of hydrogen-bond acceptors (Lipinski definition) is 6. The van der Waals surface area contributed by atoms with Gasteiger partial charge in [-0.1, -0.05) is 12.1 Å². The lowest BCUT2D eigenvalue weighted by Gasteiger charge is -2.32. The Kier molecular flexibility index (Phi) is 5.58. The van der Waals surface area contributed by atoms with Crippen molar-refractivity contribution in [1.29, 1.82) is 0 Å². The van der Waals surface area contributed by atoms with Crippen molar-refractivity contribution in [3.8, 4) is 0 Å². The molecular formula is C19H23FN2O4S. The molecule has 2 heterocycles. The van der Waals surface area contributed by atoms with Crippen LogP contribution >= 0.6 is 11.8 Å². The minimum atomic E-state index is -1.28. The molecule has 3 rings (SSSR count). The van der Waals surface area contributed by atoms with E-state index in [9.17, 15) is 18.8 Å². The third-order valence-corrected chi connectivity index (χ3v) is 6.15. The summed E-state index contributed by atoms with van der Waals surface area (Å²) in [5, 5.41) is 3.25. The normalized spacial score (nSPS) is 29.9. The standard InChI is InChI=1S/C19H23FN2O4S/c1-4-22-16(23)13-14(17(22)24)19(9-10-27-3,18(25)26-2)21-15(13)11-5-7-12(20)8-6-11/h5-8,13-15,21H,4,9-10H2,1-3H3/t13-,14-,15-,19+/m0/s1. The average molecular weight is 394 g/mol. The lowest BCUT2D eigenvalue weighted by molar-refractivity contribution is -0.154. The van der Waals surface area contributed by atoms with Gasteiger partial charge in [0.25, 0.3) is 0 Å². The Morgan fingerprint density at radius 2 is 1.96 bits per heavy atom. The number of nitrogens with one attached hydrogen (secondary N) is 1. The number of nitrogens with zero attached hydrogens (tertiary/aromatic N) is 1. The summed E-state index contributed by atoms with van der Waals surface area (Å²) in [6.07, 6.45) is 2.27. The van der Waals surface area contributed by atoms with Gasteiger partial charge in [0.05, 0.1) is 18.9 Å². The Morgan fingerprint density at radius 1 is 1.30 bits per heavy atom. The van der Waals surface area contributed by atoms with Crippen LogP contribution < -0.4 is 5.32 Å². The van der Waals surface area contributed by atoms with E-state index in [-0.39, 0.29) is 24.2 Å². The first-order chi connectivity index (χ1) is 12.9. The SMILES string of the molecule is CCN1C(=O)[C@H]2[C@@H](C1=O)[C@](CCSC)(C(=O)OC)N[C@H]2c1ccc(F)cc1. The zero-order chi connectivity index (χ0) is 19.8. The number of thioether (sulfide) groups is 1. The van der Waals surface area contributed by atoms with Crippen molar-refractivity contribution in [2.24, 2.45) is 11.8 Å². The number of halogens is 1. The van der Waals surface area contributed by atoms with E-state index in [0.29, 0.717) is 17.7 Å². The maximum atomic E-state index is 13.4. The van der Waals surface area contributed by atoms with E-state index in [1.807, 2.05) is 6.26 Å². The molecule has 0 radical (unpaired) electrons. The molecular weight excluding hydrogens is 371 g/mol. The van der Waals surface area contributed by atoms with Crippen molar-refractivity contribution in [3.63, 3.8) is 0 Å². The highest BCUT2D eigenvalue weighted by molar-refractivity contribution is 7.98. The molecule has 2 aliphatic rings. The summed E-state index contributed by atoms with van der Waals surface area (Å²) in [6, 6.07) is 5.22. The van der Waals surface area contributed by atoms with Crippen LogP contribution in [-0.2, 0) is 19.1 Å². The molecule has 2 aliphatic heterocycles. The molecule has 4 atom stereocenters. The number of ether oxygens (including phenoxy) is 1. The minimum absolute atomic E-state index is 0.251. The Labute approximate surface area is 161 Å². The largest absolute Gasteiger partial charge is 0.468 e. The number of likely N-dealkylation sites (tertiary alicyclic amines) is 1. The fourth-order valence-electron chi connectivity index (χ4n) is 4.30. The van der Waals surface area contributed by atoms with Crippen molar-refractivity contribution < 1.29 is 23.5 Å². The highest BCUT2D eigenvalue weighted by atomic mass is 32.2. The molecule has 2 fully saturated rings. The van der Waals surface area contributed by atoms with Crippen LogP contribution in [0.3, 0.4) is 0 Å². The van der Waals surface area contributed by atoms with Crippen molar-refractivity contribution >= 4 is 29.5 Å². The van der Waals surface area contributed by atoms with E-state index in [2.05, 4.69) is 5.32 Å². The smallest absolute Gasteiger partial charge is 0.326 e. The molecule has 6 nitrogen and oxygen atoms in total. The summed E-state index contributed by atoms with van der Waals surface area (Å²) < 4.78 is 18.4. The lowest BCUT2D eigenvalue weighted by atomic mass is 9.78. The van der Waals surface area contributed by atoms with E-state index >= 15 is 0 Å². The number of fused-ring (bicyclic) bond motifs is 1. The Balaban J connectivity index is 2.12. The number of carbonyl (C=O) groups is 3. The van der Waals surface area contributed by atoms with Gasteiger partial charge in [0.2, 0.25) is 11.8 Å².